The number of hydrogen-bond acceptors (Lipinski definition) is 3. The summed E-state index contributed by atoms with van der Waals surface area (Å²) in [5.74, 6) is -2.49. The van der Waals surface area contributed by atoms with Crippen LogP contribution in [0.15, 0.2) is 30.5 Å². The van der Waals surface area contributed by atoms with E-state index in [4.69, 9.17) is 5.11 Å². The predicted molar refractivity (Wildman–Crippen MR) is 64.5 cm³/mol. The Morgan fingerprint density at radius 2 is 2.11 bits per heavy atom. The van der Waals surface area contributed by atoms with E-state index in [-0.39, 0.29) is 16.9 Å². The topological polar surface area (TPSA) is 84.2 Å². The van der Waals surface area contributed by atoms with E-state index < -0.39 is 17.7 Å². The summed E-state index contributed by atoms with van der Waals surface area (Å²) in [4.78, 5) is 22.8. The lowest BCUT2D eigenvalue weighted by Crippen LogP contribution is -2.16. The Bertz CT molecular complexity index is 651. The number of hydrogen-bond donors (Lipinski definition) is 2. The SMILES string of the molecule is Cn1ccc(C(=O)Nc2cc(F)ccc2C(=O)O)n1. The highest BCUT2D eigenvalue weighted by Crippen LogP contribution is 2.18. The summed E-state index contributed by atoms with van der Waals surface area (Å²) in [7, 11) is 1.64. The fraction of sp³-hybridized carbons (Fsp3) is 0.0833. The zero-order valence-electron chi connectivity index (χ0n) is 9.92. The largest absolute Gasteiger partial charge is 0.478 e. The molecule has 0 saturated heterocycles. The molecule has 19 heavy (non-hydrogen) atoms. The number of aromatic nitrogens is 2. The number of carboxylic acid groups (broad SMARTS) is 1. The first-order valence-electron chi connectivity index (χ1n) is 5.31. The third-order valence-electron chi connectivity index (χ3n) is 2.41. The maximum atomic E-state index is 13.1. The third kappa shape index (κ3) is 2.76. The Labute approximate surface area is 107 Å². The molecule has 0 bridgehead atoms. The van der Waals surface area contributed by atoms with Gasteiger partial charge in [-0.1, -0.05) is 0 Å². The van der Waals surface area contributed by atoms with Crippen molar-refractivity contribution in [3.8, 4) is 0 Å². The van der Waals surface area contributed by atoms with Gasteiger partial charge in [-0.15, -0.1) is 0 Å². The standard InChI is InChI=1S/C12H10FN3O3/c1-16-5-4-9(15-16)11(17)14-10-6-7(13)2-3-8(10)12(18)19/h2-6H,1H3,(H,14,17)(H,18,19). The molecule has 2 aromatic rings. The van der Waals surface area contributed by atoms with Crippen molar-refractivity contribution in [1.82, 2.24) is 9.78 Å². The number of aromatic carboxylic acids is 1. The molecule has 0 aliphatic carbocycles. The van der Waals surface area contributed by atoms with Crippen molar-refractivity contribution in [3.05, 3.63) is 47.5 Å². The molecule has 1 aromatic carbocycles. The zero-order valence-corrected chi connectivity index (χ0v) is 9.92. The van der Waals surface area contributed by atoms with Gasteiger partial charge < -0.3 is 10.4 Å². The number of nitrogens with zero attached hydrogens (tertiary/aromatic N) is 2. The molecule has 1 amide bonds. The van der Waals surface area contributed by atoms with Crippen LogP contribution in [0.25, 0.3) is 0 Å². The Morgan fingerprint density at radius 1 is 1.37 bits per heavy atom. The normalized spacial score (nSPS) is 10.2. The Morgan fingerprint density at radius 3 is 2.68 bits per heavy atom. The Balaban J connectivity index is 2.30. The van der Waals surface area contributed by atoms with E-state index in [9.17, 15) is 14.0 Å². The van der Waals surface area contributed by atoms with Crippen molar-refractivity contribution in [3.63, 3.8) is 0 Å². The first-order valence-corrected chi connectivity index (χ1v) is 5.31. The molecule has 6 nitrogen and oxygen atoms in total. The molecule has 0 radical (unpaired) electrons. The second-order valence-corrected chi connectivity index (χ2v) is 3.82. The average Bonchev–Trinajstić information content (AvgIpc) is 2.75. The molecule has 0 aliphatic heterocycles. The fourth-order valence-corrected chi connectivity index (χ4v) is 1.53. The van der Waals surface area contributed by atoms with Gasteiger partial charge in [-0.25, -0.2) is 9.18 Å². The number of nitrogens with one attached hydrogen (secondary N) is 1. The molecule has 1 aromatic heterocycles. The van der Waals surface area contributed by atoms with E-state index in [1.807, 2.05) is 0 Å². The zero-order chi connectivity index (χ0) is 14.0. The van der Waals surface area contributed by atoms with Crippen LogP contribution in [0.4, 0.5) is 10.1 Å². The van der Waals surface area contributed by atoms with Gasteiger partial charge in [0.1, 0.15) is 5.82 Å². The minimum Gasteiger partial charge on any atom is -0.478 e. The molecule has 0 saturated carbocycles. The van der Waals surface area contributed by atoms with E-state index in [2.05, 4.69) is 10.4 Å². The van der Waals surface area contributed by atoms with Crippen molar-refractivity contribution < 1.29 is 19.1 Å². The van der Waals surface area contributed by atoms with Gasteiger partial charge in [0.05, 0.1) is 11.3 Å². The molecule has 2 N–H and O–H groups in total. The van der Waals surface area contributed by atoms with Crippen LogP contribution in [0, 0.1) is 5.82 Å². The van der Waals surface area contributed by atoms with Crippen molar-refractivity contribution >= 4 is 17.6 Å². The highest BCUT2D eigenvalue weighted by atomic mass is 19.1. The van der Waals surface area contributed by atoms with Crippen LogP contribution in [0.5, 0.6) is 0 Å². The Hall–Kier alpha value is -2.70. The summed E-state index contributed by atoms with van der Waals surface area (Å²) in [6.45, 7) is 0. The number of carbonyl (C=O) groups excluding carboxylic acids is 1. The number of anilines is 1. The van der Waals surface area contributed by atoms with Crippen LogP contribution < -0.4 is 5.32 Å². The van der Waals surface area contributed by atoms with Gasteiger partial charge in [0.25, 0.3) is 5.91 Å². The van der Waals surface area contributed by atoms with Gasteiger partial charge in [-0.3, -0.25) is 9.48 Å². The lowest BCUT2D eigenvalue weighted by molar-refractivity contribution is 0.0698. The van der Waals surface area contributed by atoms with E-state index >= 15 is 0 Å². The highest BCUT2D eigenvalue weighted by molar-refractivity contribution is 6.06. The number of rotatable bonds is 3. The lowest BCUT2D eigenvalue weighted by atomic mass is 10.1. The number of amides is 1. The van der Waals surface area contributed by atoms with Gasteiger partial charge >= 0.3 is 5.97 Å². The van der Waals surface area contributed by atoms with Gasteiger partial charge in [0.15, 0.2) is 5.69 Å². The number of carboxylic acids is 1. The minimum absolute atomic E-state index is 0.108. The predicted octanol–water partition coefficient (Wildman–Crippen LogP) is 1.51. The summed E-state index contributed by atoms with van der Waals surface area (Å²) in [5.41, 5.74) is -0.183. The monoisotopic (exact) mass is 263 g/mol. The second kappa shape index (κ2) is 4.89. The van der Waals surface area contributed by atoms with Crippen LogP contribution in [0.2, 0.25) is 0 Å². The number of aryl methyl sites for hydroxylation is 1. The van der Waals surface area contributed by atoms with Gasteiger partial charge in [-0.2, -0.15) is 5.10 Å². The first-order chi connectivity index (χ1) is 8.97. The molecular formula is C12H10FN3O3. The van der Waals surface area contributed by atoms with Gasteiger partial charge in [-0.05, 0) is 24.3 Å². The Kier molecular flexibility index (Phi) is 3.28. The number of halogens is 1. The molecule has 7 heteroatoms. The second-order valence-electron chi connectivity index (χ2n) is 3.82. The number of benzene rings is 1. The third-order valence-corrected chi connectivity index (χ3v) is 2.41. The van der Waals surface area contributed by atoms with Crippen molar-refractivity contribution in [1.29, 1.82) is 0 Å². The first kappa shape index (κ1) is 12.7. The minimum atomic E-state index is -1.25. The summed E-state index contributed by atoms with van der Waals surface area (Å²) < 4.78 is 14.5. The molecule has 0 spiro atoms. The molecular weight excluding hydrogens is 253 g/mol. The van der Waals surface area contributed by atoms with Crippen LogP contribution in [-0.4, -0.2) is 26.8 Å². The number of carbonyl (C=O) groups is 2. The van der Waals surface area contributed by atoms with Gasteiger partial charge in [0, 0.05) is 13.2 Å². The van der Waals surface area contributed by atoms with E-state index in [1.54, 1.807) is 13.2 Å². The molecule has 0 fully saturated rings. The highest BCUT2D eigenvalue weighted by Gasteiger charge is 2.15. The van der Waals surface area contributed by atoms with Crippen molar-refractivity contribution in [2.75, 3.05) is 5.32 Å². The summed E-state index contributed by atoms with van der Waals surface area (Å²) in [6.07, 6.45) is 1.57. The van der Waals surface area contributed by atoms with Crippen LogP contribution in [0.1, 0.15) is 20.8 Å². The summed E-state index contributed by atoms with van der Waals surface area (Å²) >= 11 is 0. The molecule has 0 unspecified atom stereocenters. The van der Waals surface area contributed by atoms with E-state index in [0.29, 0.717) is 0 Å². The molecule has 0 aliphatic rings. The van der Waals surface area contributed by atoms with Crippen LogP contribution >= 0.6 is 0 Å². The van der Waals surface area contributed by atoms with E-state index in [1.165, 1.54) is 10.7 Å². The fourth-order valence-electron chi connectivity index (χ4n) is 1.53. The molecule has 0 atom stereocenters. The maximum Gasteiger partial charge on any atom is 0.337 e. The molecule has 1 heterocycles. The van der Waals surface area contributed by atoms with E-state index in [0.717, 1.165) is 18.2 Å². The lowest BCUT2D eigenvalue weighted by Gasteiger charge is -2.07. The average molecular weight is 263 g/mol. The smallest absolute Gasteiger partial charge is 0.337 e. The van der Waals surface area contributed by atoms with Gasteiger partial charge in [0.2, 0.25) is 0 Å². The quantitative estimate of drug-likeness (QED) is 0.879. The summed E-state index contributed by atoms with van der Waals surface area (Å²) in [5, 5.41) is 15.1. The van der Waals surface area contributed by atoms with Crippen molar-refractivity contribution in [2.45, 2.75) is 0 Å². The molecule has 98 valence electrons. The maximum absolute atomic E-state index is 13.1. The van der Waals surface area contributed by atoms with Crippen LogP contribution in [-0.2, 0) is 7.05 Å². The van der Waals surface area contributed by atoms with Crippen LogP contribution in [0.3, 0.4) is 0 Å². The summed E-state index contributed by atoms with van der Waals surface area (Å²) in [6, 6.07) is 4.52. The molecule has 2 rings (SSSR count). The van der Waals surface area contributed by atoms with Crippen molar-refractivity contribution in [2.24, 2.45) is 7.05 Å².